The largest absolute Gasteiger partial charge is 0.373 e. The summed E-state index contributed by atoms with van der Waals surface area (Å²) >= 11 is 0. The van der Waals surface area contributed by atoms with Crippen LogP contribution in [0.3, 0.4) is 0 Å². The normalized spacial score (nSPS) is 23.4. The molecule has 2 aromatic rings. The first-order valence-corrected chi connectivity index (χ1v) is 10.4. The molecular weight excluding hydrogens is 350 g/mol. The number of nitrogens with one attached hydrogen (secondary N) is 1. The van der Waals surface area contributed by atoms with Crippen LogP contribution in [-0.4, -0.2) is 41.5 Å². The zero-order valence-electron chi connectivity index (χ0n) is 16.5. The van der Waals surface area contributed by atoms with Gasteiger partial charge in [-0.05, 0) is 49.3 Å². The lowest BCUT2D eigenvalue weighted by atomic mass is 9.97. The van der Waals surface area contributed by atoms with Crippen LogP contribution >= 0.6 is 0 Å². The van der Waals surface area contributed by atoms with Gasteiger partial charge < -0.3 is 15.0 Å². The van der Waals surface area contributed by atoms with Crippen LogP contribution in [0, 0.1) is 5.92 Å². The Hall–Kier alpha value is -2.40. The molecule has 0 bridgehead atoms. The average Bonchev–Trinajstić information content (AvgIpc) is 2.75. The third-order valence-corrected chi connectivity index (χ3v) is 5.89. The minimum Gasteiger partial charge on any atom is -0.373 e. The summed E-state index contributed by atoms with van der Waals surface area (Å²) < 4.78 is 5.95. The number of pyridine rings is 1. The molecular formula is C23H29N3O2. The molecule has 148 valence electrons. The van der Waals surface area contributed by atoms with Crippen molar-refractivity contribution in [3.05, 3.63) is 59.8 Å². The van der Waals surface area contributed by atoms with Gasteiger partial charge in [0.05, 0.1) is 11.7 Å². The first-order valence-electron chi connectivity index (χ1n) is 10.4. The van der Waals surface area contributed by atoms with Gasteiger partial charge in [0, 0.05) is 31.9 Å². The molecule has 0 aliphatic carbocycles. The lowest BCUT2D eigenvalue weighted by Gasteiger charge is -2.31. The Morgan fingerprint density at radius 3 is 2.61 bits per heavy atom. The Morgan fingerprint density at radius 1 is 1.11 bits per heavy atom. The molecule has 0 saturated carbocycles. The number of nitrogens with zero attached hydrogens (tertiary/aromatic N) is 2. The number of hydrogen-bond acceptors (Lipinski definition) is 4. The second-order valence-electron chi connectivity index (χ2n) is 8.04. The summed E-state index contributed by atoms with van der Waals surface area (Å²) in [6.07, 6.45) is 5.87. The molecule has 1 amide bonds. The van der Waals surface area contributed by atoms with Crippen molar-refractivity contribution in [2.75, 3.05) is 25.0 Å². The summed E-state index contributed by atoms with van der Waals surface area (Å²) in [4.78, 5) is 19.1. The van der Waals surface area contributed by atoms with E-state index in [0.29, 0.717) is 17.5 Å². The zero-order chi connectivity index (χ0) is 19.3. The van der Waals surface area contributed by atoms with Crippen LogP contribution in [-0.2, 0) is 4.74 Å². The van der Waals surface area contributed by atoms with E-state index in [0.717, 1.165) is 51.2 Å². The van der Waals surface area contributed by atoms with Gasteiger partial charge in [0.1, 0.15) is 5.82 Å². The smallest absolute Gasteiger partial charge is 0.255 e. The summed E-state index contributed by atoms with van der Waals surface area (Å²) in [5.41, 5.74) is 1.90. The Labute approximate surface area is 167 Å². The second-order valence-corrected chi connectivity index (χ2v) is 8.04. The van der Waals surface area contributed by atoms with Crippen molar-refractivity contribution in [2.24, 2.45) is 5.92 Å². The van der Waals surface area contributed by atoms with Gasteiger partial charge >= 0.3 is 0 Å². The number of benzene rings is 1. The van der Waals surface area contributed by atoms with E-state index in [1.54, 1.807) is 6.20 Å². The highest BCUT2D eigenvalue weighted by Gasteiger charge is 2.25. The molecule has 1 N–H and O–H groups in total. The highest BCUT2D eigenvalue weighted by Crippen LogP contribution is 2.29. The maximum Gasteiger partial charge on any atom is 0.255 e. The number of amides is 1. The molecule has 2 aliphatic heterocycles. The van der Waals surface area contributed by atoms with E-state index in [-0.39, 0.29) is 12.0 Å². The first-order chi connectivity index (χ1) is 13.7. The number of ether oxygens (including phenoxy) is 1. The molecule has 2 saturated heterocycles. The highest BCUT2D eigenvalue weighted by molar-refractivity contribution is 5.94. The predicted molar refractivity (Wildman–Crippen MR) is 110 cm³/mol. The summed E-state index contributed by atoms with van der Waals surface area (Å²) in [6.45, 7) is 4.69. The maximum atomic E-state index is 12.7. The Balaban J connectivity index is 1.34. The zero-order valence-corrected chi connectivity index (χ0v) is 16.5. The van der Waals surface area contributed by atoms with Crippen molar-refractivity contribution in [3.63, 3.8) is 0 Å². The van der Waals surface area contributed by atoms with Crippen LogP contribution < -0.4 is 5.32 Å². The van der Waals surface area contributed by atoms with E-state index < -0.39 is 0 Å². The van der Waals surface area contributed by atoms with Gasteiger partial charge in [-0.2, -0.15) is 0 Å². The van der Waals surface area contributed by atoms with E-state index in [1.807, 2.05) is 23.1 Å². The standard InChI is InChI=1S/C23H29N3O2/c1-17-9-12-26(13-10-17)23(27)19-7-8-22(24-16-19)25-20-11-14-28-21(15-20)18-5-3-2-4-6-18/h2-8,16-17,20-21H,9-15H2,1H3,(H,24,25). The molecule has 2 fully saturated rings. The Bertz CT molecular complexity index is 770. The van der Waals surface area contributed by atoms with Crippen molar-refractivity contribution < 1.29 is 9.53 Å². The van der Waals surface area contributed by atoms with Gasteiger partial charge in [0.15, 0.2) is 0 Å². The van der Waals surface area contributed by atoms with Gasteiger partial charge in [-0.1, -0.05) is 37.3 Å². The van der Waals surface area contributed by atoms with Crippen LogP contribution in [0.15, 0.2) is 48.7 Å². The first kappa shape index (κ1) is 18.9. The van der Waals surface area contributed by atoms with Gasteiger partial charge in [0.2, 0.25) is 0 Å². The van der Waals surface area contributed by atoms with E-state index in [2.05, 4.69) is 41.5 Å². The number of anilines is 1. The predicted octanol–water partition coefficient (Wildman–Crippen LogP) is 4.29. The van der Waals surface area contributed by atoms with Crippen LogP contribution in [0.4, 0.5) is 5.82 Å². The fourth-order valence-corrected chi connectivity index (χ4v) is 4.04. The van der Waals surface area contributed by atoms with E-state index >= 15 is 0 Å². The van der Waals surface area contributed by atoms with Gasteiger partial charge in [0.25, 0.3) is 5.91 Å². The number of rotatable bonds is 4. The molecule has 5 nitrogen and oxygen atoms in total. The third-order valence-electron chi connectivity index (χ3n) is 5.89. The van der Waals surface area contributed by atoms with Gasteiger partial charge in [-0.25, -0.2) is 4.98 Å². The Morgan fingerprint density at radius 2 is 1.89 bits per heavy atom. The molecule has 1 aromatic heterocycles. The fraction of sp³-hybridized carbons (Fsp3) is 0.478. The molecule has 0 radical (unpaired) electrons. The van der Waals surface area contributed by atoms with Crippen molar-refractivity contribution in [1.29, 1.82) is 0 Å². The fourth-order valence-electron chi connectivity index (χ4n) is 4.04. The van der Waals surface area contributed by atoms with Crippen molar-refractivity contribution in [2.45, 2.75) is 44.8 Å². The molecule has 5 heteroatoms. The van der Waals surface area contributed by atoms with E-state index in [9.17, 15) is 4.79 Å². The number of piperidine rings is 1. The van der Waals surface area contributed by atoms with E-state index in [1.165, 1.54) is 5.56 Å². The summed E-state index contributed by atoms with van der Waals surface area (Å²) in [7, 11) is 0. The summed E-state index contributed by atoms with van der Waals surface area (Å²) in [5.74, 6) is 1.64. The quantitative estimate of drug-likeness (QED) is 0.861. The lowest BCUT2D eigenvalue weighted by Crippen LogP contribution is -2.38. The van der Waals surface area contributed by atoms with Gasteiger partial charge in [-0.3, -0.25) is 4.79 Å². The molecule has 2 aliphatic rings. The third kappa shape index (κ3) is 4.53. The number of carbonyl (C=O) groups is 1. The minimum absolute atomic E-state index is 0.0983. The lowest BCUT2D eigenvalue weighted by molar-refractivity contribution is 0.00974. The molecule has 28 heavy (non-hydrogen) atoms. The van der Waals surface area contributed by atoms with Crippen molar-refractivity contribution >= 4 is 11.7 Å². The average molecular weight is 380 g/mol. The number of hydrogen-bond donors (Lipinski definition) is 1. The number of carbonyl (C=O) groups excluding carboxylic acids is 1. The number of likely N-dealkylation sites (tertiary alicyclic amines) is 1. The summed E-state index contributed by atoms with van der Waals surface area (Å²) in [6, 6.07) is 14.5. The molecule has 0 spiro atoms. The van der Waals surface area contributed by atoms with Crippen LogP contribution in [0.2, 0.25) is 0 Å². The maximum absolute atomic E-state index is 12.7. The summed E-state index contributed by atoms with van der Waals surface area (Å²) in [5, 5.41) is 3.52. The van der Waals surface area contributed by atoms with Crippen LogP contribution in [0.25, 0.3) is 0 Å². The molecule has 4 rings (SSSR count). The van der Waals surface area contributed by atoms with Gasteiger partial charge in [-0.15, -0.1) is 0 Å². The monoisotopic (exact) mass is 379 g/mol. The molecule has 2 atom stereocenters. The van der Waals surface area contributed by atoms with Crippen molar-refractivity contribution in [3.8, 4) is 0 Å². The van der Waals surface area contributed by atoms with Crippen LogP contribution in [0.5, 0.6) is 0 Å². The minimum atomic E-state index is 0.0983. The molecule has 3 heterocycles. The highest BCUT2D eigenvalue weighted by atomic mass is 16.5. The van der Waals surface area contributed by atoms with E-state index in [4.69, 9.17) is 4.74 Å². The number of aromatic nitrogens is 1. The molecule has 1 aromatic carbocycles. The van der Waals surface area contributed by atoms with Crippen LogP contribution in [0.1, 0.15) is 54.6 Å². The van der Waals surface area contributed by atoms with Crippen molar-refractivity contribution in [1.82, 2.24) is 9.88 Å². The molecule has 2 unspecified atom stereocenters. The Kier molecular flexibility index (Phi) is 5.91. The topological polar surface area (TPSA) is 54.5 Å². The SMILES string of the molecule is CC1CCN(C(=O)c2ccc(NC3CCOC(c4ccccc4)C3)nc2)CC1. The second kappa shape index (κ2) is 8.74.